The van der Waals surface area contributed by atoms with Gasteiger partial charge in [-0.05, 0) is 50.9 Å². The van der Waals surface area contributed by atoms with Gasteiger partial charge in [0.15, 0.2) is 0 Å². The molecule has 0 aromatic heterocycles. The maximum atomic E-state index is 13.7. The van der Waals surface area contributed by atoms with Gasteiger partial charge in [0.25, 0.3) is 0 Å². The molecule has 1 aromatic carbocycles. The Bertz CT molecular complexity index is 640. The number of carbonyl (C=O) groups is 1. The Hall–Kier alpha value is -1.53. The molecule has 1 aromatic rings. The normalized spacial score (nSPS) is 27.2. The van der Waals surface area contributed by atoms with Crippen LogP contribution in [-0.4, -0.2) is 60.1 Å². The Kier molecular flexibility index (Phi) is 5.39. The van der Waals surface area contributed by atoms with E-state index in [1.165, 1.54) is 12.1 Å². The van der Waals surface area contributed by atoms with Crippen LogP contribution in [0, 0.1) is 17.0 Å². The fourth-order valence-corrected chi connectivity index (χ4v) is 4.37. The summed E-state index contributed by atoms with van der Waals surface area (Å²) in [7, 11) is 2.05. The molecule has 0 saturated carbocycles. The summed E-state index contributed by atoms with van der Waals surface area (Å²) in [6.07, 6.45) is 3.36. The lowest BCUT2D eigenvalue weighted by Crippen LogP contribution is -2.62. The predicted octanol–water partition coefficient (Wildman–Crippen LogP) is 2.20. The van der Waals surface area contributed by atoms with Crippen LogP contribution in [0.25, 0.3) is 0 Å². The van der Waals surface area contributed by atoms with Crippen molar-refractivity contribution >= 4 is 5.91 Å². The number of benzene rings is 1. The van der Waals surface area contributed by atoms with Crippen molar-refractivity contribution < 1.29 is 18.7 Å². The first-order valence-electron chi connectivity index (χ1n) is 8.98. The number of rotatable bonds is 4. The van der Waals surface area contributed by atoms with E-state index in [4.69, 9.17) is 0 Å². The highest BCUT2D eigenvalue weighted by Crippen LogP contribution is 2.41. The van der Waals surface area contributed by atoms with Crippen LogP contribution in [0.5, 0.6) is 0 Å². The van der Waals surface area contributed by atoms with E-state index in [1.807, 2.05) is 4.90 Å². The van der Waals surface area contributed by atoms with Gasteiger partial charge in [0, 0.05) is 37.0 Å². The molecule has 4 nitrogen and oxygen atoms in total. The number of halogens is 2. The van der Waals surface area contributed by atoms with Crippen LogP contribution in [0.2, 0.25) is 0 Å². The summed E-state index contributed by atoms with van der Waals surface area (Å²) in [6.45, 7) is 2.39. The van der Waals surface area contributed by atoms with Crippen molar-refractivity contribution in [1.29, 1.82) is 0 Å². The Labute approximate surface area is 147 Å². The fourth-order valence-electron chi connectivity index (χ4n) is 4.37. The third-order valence-electron chi connectivity index (χ3n) is 5.99. The van der Waals surface area contributed by atoms with Crippen molar-refractivity contribution in [1.82, 2.24) is 9.80 Å². The van der Waals surface area contributed by atoms with Gasteiger partial charge in [-0.3, -0.25) is 4.79 Å². The lowest BCUT2D eigenvalue weighted by Gasteiger charge is -2.53. The van der Waals surface area contributed by atoms with Crippen LogP contribution in [0.15, 0.2) is 18.2 Å². The lowest BCUT2D eigenvalue weighted by molar-refractivity contribution is -0.139. The molecule has 2 saturated heterocycles. The molecule has 0 radical (unpaired) electrons. The van der Waals surface area contributed by atoms with Gasteiger partial charge in [0.05, 0.1) is 6.61 Å². The highest BCUT2D eigenvalue weighted by Gasteiger charge is 2.47. The molecule has 0 spiro atoms. The number of piperidine rings is 2. The first-order valence-corrected chi connectivity index (χ1v) is 8.98. The minimum absolute atomic E-state index is 0.00533. The molecule has 0 aliphatic carbocycles. The fraction of sp³-hybridized carbons (Fsp3) is 0.632. The molecule has 1 N–H and O–H groups in total. The molecule has 2 aliphatic rings. The van der Waals surface area contributed by atoms with Gasteiger partial charge < -0.3 is 14.9 Å². The number of carbonyl (C=O) groups excluding carboxylic acids is 1. The summed E-state index contributed by atoms with van der Waals surface area (Å²) in [5.74, 6) is -1.21. The number of aliphatic hydroxyl groups is 1. The Morgan fingerprint density at radius 3 is 2.84 bits per heavy atom. The maximum absolute atomic E-state index is 13.7. The van der Waals surface area contributed by atoms with Gasteiger partial charge in [-0.1, -0.05) is 6.07 Å². The molecule has 6 heteroatoms. The highest BCUT2D eigenvalue weighted by molar-refractivity contribution is 5.76. The Balaban J connectivity index is 1.61. The number of fused-ring (bicyclic) bond motifs is 1. The minimum Gasteiger partial charge on any atom is -0.396 e. The van der Waals surface area contributed by atoms with E-state index in [2.05, 4.69) is 11.9 Å². The SMILES string of the molecule is CN1CCC[C@]2(CO)CCN(C(=O)CCc3ccc(F)cc3F)C[C@@H]12. The number of likely N-dealkylation sites (N-methyl/N-ethyl adjacent to an activating group) is 1. The molecule has 2 fully saturated rings. The zero-order valence-electron chi connectivity index (χ0n) is 14.7. The summed E-state index contributed by atoms with van der Waals surface area (Å²) in [5.41, 5.74) is 0.263. The van der Waals surface area contributed by atoms with E-state index in [0.717, 1.165) is 31.9 Å². The van der Waals surface area contributed by atoms with Crippen LogP contribution in [-0.2, 0) is 11.2 Å². The summed E-state index contributed by atoms with van der Waals surface area (Å²) >= 11 is 0. The molecule has 1 amide bonds. The van der Waals surface area contributed by atoms with Crippen molar-refractivity contribution in [2.75, 3.05) is 33.3 Å². The smallest absolute Gasteiger partial charge is 0.222 e. The van der Waals surface area contributed by atoms with E-state index in [0.29, 0.717) is 18.7 Å². The molecule has 2 atom stereocenters. The largest absolute Gasteiger partial charge is 0.396 e. The highest BCUT2D eigenvalue weighted by atomic mass is 19.1. The quantitative estimate of drug-likeness (QED) is 0.904. The van der Waals surface area contributed by atoms with Gasteiger partial charge in [0.1, 0.15) is 11.6 Å². The van der Waals surface area contributed by atoms with Crippen molar-refractivity contribution in [3.8, 4) is 0 Å². The summed E-state index contributed by atoms with van der Waals surface area (Å²) in [5, 5.41) is 9.92. The van der Waals surface area contributed by atoms with Crippen LogP contribution in [0.1, 0.15) is 31.2 Å². The van der Waals surface area contributed by atoms with Crippen LogP contribution >= 0.6 is 0 Å². The van der Waals surface area contributed by atoms with Crippen LogP contribution in [0.4, 0.5) is 8.78 Å². The molecule has 3 rings (SSSR count). The van der Waals surface area contributed by atoms with Crippen LogP contribution in [0.3, 0.4) is 0 Å². The second kappa shape index (κ2) is 7.38. The zero-order chi connectivity index (χ0) is 18.0. The van der Waals surface area contributed by atoms with Crippen molar-refractivity contribution in [2.24, 2.45) is 5.41 Å². The zero-order valence-corrected chi connectivity index (χ0v) is 14.7. The van der Waals surface area contributed by atoms with E-state index < -0.39 is 11.6 Å². The molecular weight excluding hydrogens is 326 g/mol. The van der Waals surface area contributed by atoms with Crippen LogP contribution < -0.4 is 0 Å². The van der Waals surface area contributed by atoms with Crippen molar-refractivity contribution in [3.63, 3.8) is 0 Å². The number of hydrogen-bond acceptors (Lipinski definition) is 3. The molecule has 2 aliphatic heterocycles. The van der Waals surface area contributed by atoms with Crippen molar-refractivity contribution in [3.05, 3.63) is 35.4 Å². The van der Waals surface area contributed by atoms with Gasteiger partial charge in [-0.2, -0.15) is 0 Å². The lowest BCUT2D eigenvalue weighted by atomic mass is 9.69. The number of nitrogens with zero attached hydrogens (tertiary/aromatic N) is 2. The third kappa shape index (κ3) is 3.70. The second-order valence-corrected chi connectivity index (χ2v) is 7.45. The topological polar surface area (TPSA) is 43.8 Å². The average Bonchev–Trinajstić information content (AvgIpc) is 2.60. The number of aliphatic hydroxyl groups excluding tert-OH is 1. The first-order chi connectivity index (χ1) is 11.9. The van der Waals surface area contributed by atoms with E-state index in [-0.39, 0.29) is 36.8 Å². The average molecular weight is 352 g/mol. The summed E-state index contributed by atoms with van der Waals surface area (Å²) in [4.78, 5) is 16.7. The molecular formula is C19H26F2N2O2. The van der Waals surface area contributed by atoms with E-state index >= 15 is 0 Å². The number of amides is 1. The number of aryl methyl sites for hydroxylation is 1. The number of likely N-dealkylation sites (tertiary alicyclic amines) is 2. The second-order valence-electron chi connectivity index (χ2n) is 7.45. The predicted molar refractivity (Wildman–Crippen MR) is 91.0 cm³/mol. The minimum atomic E-state index is -0.607. The van der Waals surface area contributed by atoms with E-state index in [9.17, 15) is 18.7 Å². The first kappa shape index (κ1) is 18.3. The summed E-state index contributed by atoms with van der Waals surface area (Å²) < 4.78 is 26.7. The molecule has 2 heterocycles. The van der Waals surface area contributed by atoms with Gasteiger partial charge >= 0.3 is 0 Å². The molecule has 25 heavy (non-hydrogen) atoms. The van der Waals surface area contributed by atoms with Crippen molar-refractivity contribution in [2.45, 2.75) is 38.1 Å². The Morgan fingerprint density at radius 2 is 2.12 bits per heavy atom. The summed E-state index contributed by atoms with van der Waals surface area (Å²) in [6, 6.07) is 3.65. The van der Waals surface area contributed by atoms with Gasteiger partial charge in [0.2, 0.25) is 5.91 Å². The third-order valence-corrected chi connectivity index (χ3v) is 5.99. The number of hydrogen-bond donors (Lipinski definition) is 1. The molecule has 0 bridgehead atoms. The standard InChI is InChI=1S/C19H26F2N2O2/c1-22-9-2-7-19(13-24)8-10-23(12-17(19)22)18(25)6-4-14-3-5-15(20)11-16(14)21/h3,5,11,17,24H,2,4,6-10,12-13H2,1H3/t17-,19-/m1/s1. The van der Waals surface area contributed by atoms with Gasteiger partial charge in [-0.15, -0.1) is 0 Å². The maximum Gasteiger partial charge on any atom is 0.222 e. The van der Waals surface area contributed by atoms with Gasteiger partial charge in [-0.25, -0.2) is 8.78 Å². The molecule has 138 valence electrons. The molecule has 0 unspecified atom stereocenters. The van der Waals surface area contributed by atoms with E-state index in [1.54, 1.807) is 0 Å². The Morgan fingerprint density at radius 1 is 1.32 bits per heavy atom. The monoisotopic (exact) mass is 352 g/mol.